The van der Waals surface area contributed by atoms with E-state index in [2.05, 4.69) is 5.32 Å². The first-order valence-corrected chi connectivity index (χ1v) is 9.85. The van der Waals surface area contributed by atoms with Gasteiger partial charge in [-0.3, -0.25) is 9.59 Å². The Hall–Kier alpha value is -3.54. The van der Waals surface area contributed by atoms with E-state index in [9.17, 15) is 9.59 Å². The van der Waals surface area contributed by atoms with Crippen molar-refractivity contribution in [1.82, 2.24) is 5.32 Å². The Morgan fingerprint density at radius 2 is 1.80 bits per heavy atom. The van der Waals surface area contributed by atoms with Crippen molar-refractivity contribution in [3.05, 3.63) is 78.1 Å². The van der Waals surface area contributed by atoms with Crippen LogP contribution in [-0.4, -0.2) is 23.6 Å². The molecule has 0 spiro atoms. The molecule has 1 unspecified atom stereocenters. The minimum absolute atomic E-state index is 0.153. The van der Waals surface area contributed by atoms with E-state index in [1.165, 1.54) is 0 Å². The molecule has 1 amide bonds. The quantitative estimate of drug-likeness (QED) is 0.441. The van der Waals surface area contributed by atoms with Gasteiger partial charge in [-0.05, 0) is 49.6 Å². The third kappa shape index (κ3) is 6.24. The normalized spacial score (nSPS) is 12.1. The molecule has 156 valence electrons. The van der Waals surface area contributed by atoms with Crippen LogP contribution in [0.1, 0.15) is 43.0 Å². The van der Waals surface area contributed by atoms with Crippen molar-refractivity contribution >= 4 is 11.9 Å². The minimum atomic E-state index is -0.986. The standard InChI is InChI=1S/C24H25NO5/c26-23(27)10-2-1-5-15-29-22-8-4-3-7-20(22)17-25-24(28)19-13-11-18(12-14-19)21-9-6-16-30-21/h3-4,6-9,11-14,16H,1-2,5,10,15,17H2,(H,25,28)(H,26,27)/i17D. The van der Waals surface area contributed by atoms with Crippen molar-refractivity contribution in [1.29, 1.82) is 0 Å². The highest BCUT2D eigenvalue weighted by atomic mass is 16.5. The molecular formula is C24H25NO5. The van der Waals surface area contributed by atoms with Gasteiger partial charge >= 0.3 is 5.97 Å². The fourth-order valence-corrected chi connectivity index (χ4v) is 2.92. The van der Waals surface area contributed by atoms with Crippen LogP contribution < -0.4 is 10.1 Å². The van der Waals surface area contributed by atoms with E-state index >= 15 is 0 Å². The molecule has 0 aliphatic carbocycles. The number of carbonyl (C=O) groups excluding carboxylic acids is 1. The lowest BCUT2D eigenvalue weighted by molar-refractivity contribution is -0.137. The molecule has 1 aromatic heterocycles. The number of amides is 1. The highest BCUT2D eigenvalue weighted by molar-refractivity contribution is 5.94. The molecule has 2 N–H and O–H groups in total. The summed E-state index contributed by atoms with van der Waals surface area (Å²) in [4.78, 5) is 23.1. The molecule has 1 atom stereocenters. The molecule has 30 heavy (non-hydrogen) atoms. The average molecular weight is 408 g/mol. The lowest BCUT2D eigenvalue weighted by atomic mass is 10.1. The maximum Gasteiger partial charge on any atom is 0.303 e. The van der Waals surface area contributed by atoms with Crippen molar-refractivity contribution in [2.24, 2.45) is 0 Å². The van der Waals surface area contributed by atoms with Gasteiger partial charge in [-0.15, -0.1) is 0 Å². The Balaban J connectivity index is 1.55. The van der Waals surface area contributed by atoms with E-state index in [1.54, 1.807) is 54.8 Å². The van der Waals surface area contributed by atoms with Crippen molar-refractivity contribution in [2.45, 2.75) is 32.2 Å². The Bertz CT molecular complexity index is 985. The van der Waals surface area contributed by atoms with E-state index in [0.29, 0.717) is 29.9 Å². The molecule has 0 radical (unpaired) electrons. The number of nitrogens with one attached hydrogen (secondary N) is 1. The first kappa shape index (κ1) is 19.8. The van der Waals surface area contributed by atoms with Gasteiger partial charge in [-0.2, -0.15) is 0 Å². The Morgan fingerprint density at radius 3 is 2.53 bits per heavy atom. The van der Waals surface area contributed by atoms with Gasteiger partial charge in [0.2, 0.25) is 0 Å². The van der Waals surface area contributed by atoms with Crippen molar-refractivity contribution in [2.75, 3.05) is 6.61 Å². The number of para-hydroxylation sites is 1. The SMILES string of the molecule is [2H]C(NC(=O)c1ccc(-c2ccco2)cc1)c1ccccc1OCCCCCC(=O)O. The summed E-state index contributed by atoms with van der Waals surface area (Å²) in [7, 11) is 0. The van der Waals surface area contributed by atoms with Crippen molar-refractivity contribution in [3.8, 4) is 17.1 Å². The van der Waals surface area contributed by atoms with Crippen LogP contribution in [-0.2, 0) is 11.3 Å². The average Bonchev–Trinajstić information content (AvgIpc) is 3.31. The highest BCUT2D eigenvalue weighted by Crippen LogP contribution is 2.21. The maximum absolute atomic E-state index is 12.6. The fourth-order valence-electron chi connectivity index (χ4n) is 2.92. The van der Waals surface area contributed by atoms with E-state index < -0.39 is 12.5 Å². The topological polar surface area (TPSA) is 88.8 Å². The molecule has 6 heteroatoms. The zero-order valence-electron chi connectivity index (χ0n) is 17.5. The van der Waals surface area contributed by atoms with Gasteiger partial charge in [0.25, 0.3) is 5.91 Å². The zero-order chi connectivity index (χ0) is 22.1. The molecule has 2 aromatic carbocycles. The first-order chi connectivity index (χ1) is 15.0. The van der Waals surface area contributed by atoms with Gasteiger partial charge in [0.1, 0.15) is 11.5 Å². The van der Waals surface area contributed by atoms with Crippen molar-refractivity contribution in [3.63, 3.8) is 0 Å². The molecular weight excluding hydrogens is 382 g/mol. The van der Waals surface area contributed by atoms with Gasteiger partial charge in [-0.1, -0.05) is 30.3 Å². The number of ether oxygens (including phenoxy) is 1. The number of carboxylic acid groups (broad SMARTS) is 1. The second-order valence-corrected chi connectivity index (χ2v) is 6.76. The first-order valence-electron chi connectivity index (χ1n) is 10.4. The molecule has 0 saturated heterocycles. The molecule has 0 bridgehead atoms. The van der Waals surface area contributed by atoms with Gasteiger partial charge < -0.3 is 19.6 Å². The molecule has 0 aliphatic heterocycles. The van der Waals surface area contributed by atoms with Crippen LogP contribution in [0.4, 0.5) is 0 Å². The summed E-state index contributed by atoms with van der Waals surface area (Å²) in [5.74, 6) is 0.109. The molecule has 1 heterocycles. The number of hydrogen-bond donors (Lipinski definition) is 2. The Morgan fingerprint density at radius 1 is 1.00 bits per heavy atom. The monoisotopic (exact) mass is 408 g/mol. The van der Waals surface area contributed by atoms with Crippen LogP contribution in [0, 0.1) is 0 Å². The van der Waals surface area contributed by atoms with E-state index in [4.69, 9.17) is 15.6 Å². The van der Waals surface area contributed by atoms with E-state index in [0.717, 1.165) is 24.2 Å². The van der Waals surface area contributed by atoms with Gasteiger partial charge in [-0.25, -0.2) is 0 Å². The zero-order valence-corrected chi connectivity index (χ0v) is 16.5. The number of furan rings is 1. The number of aliphatic carboxylic acids is 1. The predicted octanol–water partition coefficient (Wildman–Crippen LogP) is 4.90. The predicted molar refractivity (Wildman–Crippen MR) is 113 cm³/mol. The summed E-state index contributed by atoms with van der Waals surface area (Å²) in [6, 6.07) is 17.7. The lowest BCUT2D eigenvalue weighted by Crippen LogP contribution is -2.23. The number of carbonyl (C=O) groups is 2. The largest absolute Gasteiger partial charge is 0.493 e. The molecule has 0 saturated carbocycles. The lowest BCUT2D eigenvalue weighted by Gasteiger charge is -2.12. The van der Waals surface area contributed by atoms with Crippen LogP contribution in [0.5, 0.6) is 5.75 Å². The summed E-state index contributed by atoms with van der Waals surface area (Å²) >= 11 is 0. The Kier molecular flexibility index (Phi) is 7.15. The number of benzene rings is 2. The van der Waals surface area contributed by atoms with Gasteiger partial charge in [0.15, 0.2) is 0 Å². The van der Waals surface area contributed by atoms with Crippen LogP contribution in [0.3, 0.4) is 0 Å². The minimum Gasteiger partial charge on any atom is -0.493 e. The number of rotatable bonds is 11. The highest BCUT2D eigenvalue weighted by Gasteiger charge is 2.09. The van der Waals surface area contributed by atoms with Crippen LogP contribution >= 0.6 is 0 Å². The molecule has 6 nitrogen and oxygen atoms in total. The van der Waals surface area contributed by atoms with E-state index in [1.807, 2.05) is 12.1 Å². The molecule has 0 aliphatic rings. The van der Waals surface area contributed by atoms with Crippen LogP contribution in [0.15, 0.2) is 71.3 Å². The van der Waals surface area contributed by atoms with Crippen LogP contribution in [0.2, 0.25) is 0 Å². The summed E-state index contributed by atoms with van der Waals surface area (Å²) in [5, 5.41) is 11.4. The van der Waals surface area contributed by atoms with Crippen molar-refractivity contribution < 1.29 is 25.2 Å². The summed E-state index contributed by atoms with van der Waals surface area (Å²) in [6.45, 7) is -0.564. The number of carboxylic acids is 1. The molecule has 0 fully saturated rings. The maximum atomic E-state index is 12.6. The smallest absolute Gasteiger partial charge is 0.303 e. The second-order valence-electron chi connectivity index (χ2n) is 6.76. The third-order valence-corrected chi connectivity index (χ3v) is 4.52. The van der Waals surface area contributed by atoms with Gasteiger partial charge in [0.05, 0.1) is 14.2 Å². The summed E-state index contributed by atoms with van der Waals surface area (Å²) in [6.07, 6.45) is 3.83. The molecule has 3 rings (SSSR count). The van der Waals surface area contributed by atoms with Crippen LogP contribution in [0.25, 0.3) is 11.3 Å². The Labute approximate surface area is 176 Å². The number of hydrogen-bond acceptors (Lipinski definition) is 4. The third-order valence-electron chi connectivity index (χ3n) is 4.52. The second kappa shape index (κ2) is 10.9. The summed E-state index contributed by atoms with van der Waals surface area (Å²) < 4.78 is 19.5. The number of unbranched alkanes of at least 4 members (excludes halogenated alkanes) is 2. The fraction of sp³-hybridized carbons (Fsp3) is 0.250. The van der Waals surface area contributed by atoms with Gasteiger partial charge in [0, 0.05) is 29.6 Å². The molecule has 3 aromatic rings. The summed E-state index contributed by atoms with van der Waals surface area (Å²) in [5.41, 5.74) is 1.88. The van der Waals surface area contributed by atoms with E-state index in [-0.39, 0.29) is 12.3 Å².